The molecule has 278 valence electrons. The van der Waals surface area contributed by atoms with E-state index >= 15 is 0 Å². The van der Waals surface area contributed by atoms with Crippen LogP contribution in [0.25, 0.3) is 0 Å². The summed E-state index contributed by atoms with van der Waals surface area (Å²) < 4.78 is 81.7. The van der Waals surface area contributed by atoms with E-state index in [1.165, 1.54) is 69.5 Å². The number of alkyl halides is 6. The fraction of sp³-hybridized carbons (Fsp3) is 0.450. The summed E-state index contributed by atoms with van der Waals surface area (Å²) in [7, 11) is 2.05. The van der Waals surface area contributed by atoms with Crippen LogP contribution in [0.1, 0.15) is 93.9 Å². The topological polar surface area (TPSA) is 3.24 Å². The maximum absolute atomic E-state index is 13.6. The number of nitrogens with zero attached hydrogens (tertiary/aromatic N) is 1. The van der Waals surface area contributed by atoms with E-state index in [9.17, 15) is 26.3 Å². The minimum absolute atomic E-state index is 0. The molecule has 0 amide bonds. The first-order chi connectivity index (χ1) is 23.4. The van der Waals surface area contributed by atoms with Crippen molar-refractivity contribution in [2.45, 2.75) is 101 Å². The van der Waals surface area contributed by atoms with Gasteiger partial charge in [0.1, 0.15) is 0 Å². The monoisotopic (exact) mass is 773 g/mol. The van der Waals surface area contributed by atoms with Crippen LogP contribution in [0.4, 0.5) is 26.3 Å². The molecule has 50 heavy (non-hydrogen) atoms. The summed E-state index contributed by atoms with van der Waals surface area (Å²) in [5.41, 5.74) is 0.889. The summed E-state index contributed by atoms with van der Waals surface area (Å²) in [6.07, 6.45) is 3.25. The van der Waals surface area contributed by atoms with Gasteiger partial charge in [-0.2, -0.15) is 37.7 Å². The van der Waals surface area contributed by atoms with Gasteiger partial charge in [-0.25, -0.2) is 6.07 Å². The SMILES string of the molecule is CC([c-]1ccc(P(C2CCCCC2)C2CCCCC2)c1P(c1ccc(C(F)(F)F)cc1)c1ccc(C(F)(F)F)cc1)N(C)C.[Fe].[cH-]1[cH-][cH-][cH-][cH-]1. The molecule has 1 nitrogen and oxygen atoms in total. The molecule has 0 aliphatic heterocycles. The van der Waals surface area contributed by atoms with E-state index < -0.39 is 39.3 Å². The van der Waals surface area contributed by atoms with E-state index in [1.807, 2.05) is 44.4 Å². The minimum atomic E-state index is -4.47. The molecule has 0 N–H and O–H groups in total. The van der Waals surface area contributed by atoms with Gasteiger partial charge in [-0.1, -0.05) is 69.7 Å². The van der Waals surface area contributed by atoms with Gasteiger partial charge in [-0.15, -0.1) is 18.8 Å². The summed E-state index contributed by atoms with van der Waals surface area (Å²) in [4.78, 5) is 2.14. The van der Waals surface area contributed by atoms with Crippen molar-refractivity contribution in [1.82, 2.24) is 4.90 Å². The summed E-state index contributed by atoms with van der Waals surface area (Å²) in [6, 6.07) is 25.2. The molecular weight excluding hydrogens is 726 g/mol. The second kappa shape index (κ2) is 18.2. The van der Waals surface area contributed by atoms with Crippen molar-refractivity contribution in [1.29, 1.82) is 0 Å². The number of benzene rings is 2. The van der Waals surface area contributed by atoms with Crippen LogP contribution in [0.3, 0.4) is 0 Å². The molecule has 1 unspecified atom stereocenters. The average Bonchev–Trinajstić information content (AvgIpc) is 3.81. The maximum Gasteiger partial charge on any atom is 0.416 e. The van der Waals surface area contributed by atoms with Gasteiger partial charge >= 0.3 is 12.4 Å². The predicted molar refractivity (Wildman–Crippen MR) is 195 cm³/mol. The van der Waals surface area contributed by atoms with Crippen molar-refractivity contribution in [3.8, 4) is 0 Å². The number of hydrogen-bond acceptors (Lipinski definition) is 1. The zero-order chi connectivity index (χ0) is 35.2. The van der Waals surface area contributed by atoms with E-state index in [2.05, 4.69) is 24.0 Å². The van der Waals surface area contributed by atoms with Crippen molar-refractivity contribution < 1.29 is 43.4 Å². The van der Waals surface area contributed by atoms with Crippen LogP contribution in [0.15, 0.2) is 91.0 Å². The van der Waals surface area contributed by atoms with Gasteiger partial charge in [0.25, 0.3) is 0 Å². The molecule has 0 heterocycles. The van der Waals surface area contributed by atoms with Gasteiger partial charge in [-0.05, 0) is 99.9 Å². The average molecular weight is 774 g/mol. The molecule has 0 spiro atoms. The van der Waals surface area contributed by atoms with Gasteiger partial charge in [0.05, 0.1) is 11.1 Å². The zero-order valence-corrected chi connectivity index (χ0v) is 31.8. The second-order valence-corrected chi connectivity index (χ2v) is 18.4. The fourth-order valence-electron chi connectivity index (χ4n) is 7.28. The van der Waals surface area contributed by atoms with Crippen LogP contribution in [-0.4, -0.2) is 30.3 Å². The Morgan fingerprint density at radius 1 is 0.640 bits per heavy atom. The molecule has 4 aromatic rings. The van der Waals surface area contributed by atoms with Crippen LogP contribution in [0, 0.1) is 0 Å². The molecule has 10 heteroatoms. The molecule has 2 aliphatic carbocycles. The first kappa shape index (κ1) is 40.8. The Hall–Kier alpha value is -1.94. The molecular formula is C40H47F6FeNP2-6. The molecule has 2 aliphatic rings. The Bertz CT molecular complexity index is 1460. The zero-order valence-electron chi connectivity index (χ0n) is 28.9. The Kier molecular flexibility index (Phi) is 14.9. The van der Waals surface area contributed by atoms with E-state index in [-0.39, 0.29) is 23.1 Å². The molecule has 2 saturated carbocycles. The van der Waals surface area contributed by atoms with Crippen LogP contribution >= 0.6 is 15.8 Å². The Morgan fingerprint density at radius 3 is 1.36 bits per heavy atom. The van der Waals surface area contributed by atoms with Crippen LogP contribution in [0.2, 0.25) is 0 Å². The van der Waals surface area contributed by atoms with Crippen molar-refractivity contribution in [3.05, 3.63) is 108 Å². The standard InChI is InChI=1S/C35H42F6NP2.C5H5.Fe/c1-24(42(2)3)31-22-23-32(43(27-10-6-4-7-11-27)28-12-8-5-9-13-28)33(31)44(29-18-14-25(15-19-29)34(36,37)38)30-20-16-26(17-21-30)35(39,40)41;1-2-4-5-3-1;/h14-24,27-28H,4-13H2,1-3H3;1-5H;/q-1;-5;. The number of halogens is 6. The molecule has 2 fully saturated rings. The largest absolute Gasteiger partial charge is 0.748 e. The Balaban J connectivity index is 0.000000860. The third-order valence-corrected chi connectivity index (χ3v) is 16.3. The van der Waals surface area contributed by atoms with Crippen molar-refractivity contribution in [2.75, 3.05) is 14.1 Å². The normalized spacial score (nSPS) is 17.0. The van der Waals surface area contributed by atoms with Gasteiger partial charge in [-0.3, -0.25) is 0 Å². The van der Waals surface area contributed by atoms with Crippen LogP contribution in [0.5, 0.6) is 0 Å². The Morgan fingerprint density at radius 2 is 1.02 bits per heavy atom. The summed E-state index contributed by atoms with van der Waals surface area (Å²) in [6.45, 7) is 2.14. The summed E-state index contributed by atoms with van der Waals surface area (Å²) in [5.74, 6) is 0. The van der Waals surface area contributed by atoms with Crippen LogP contribution < -0.4 is 21.2 Å². The Labute approximate surface area is 306 Å². The first-order valence-corrected chi connectivity index (χ1v) is 20.2. The van der Waals surface area contributed by atoms with Crippen molar-refractivity contribution >= 4 is 37.1 Å². The third-order valence-electron chi connectivity index (χ3n) is 10.1. The third kappa shape index (κ3) is 10.1. The number of rotatable bonds is 8. The van der Waals surface area contributed by atoms with Crippen molar-refractivity contribution in [3.63, 3.8) is 0 Å². The predicted octanol–water partition coefficient (Wildman–Crippen LogP) is 11.0. The molecule has 0 radical (unpaired) electrons. The van der Waals surface area contributed by atoms with Gasteiger partial charge in [0.15, 0.2) is 0 Å². The first-order valence-electron chi connectivity index (χ1n) is 17.4. The van der Waals surface area contributed by atoms with E-state index in [0.717, 1.165) is 45.7 Å². The molecule has 6 rings (SSSR count). The van der Waals surface area contributed by atoms with E-state index in [0.29, 0.717) is 11.3 Å². The second-order valence-electron chi connectivity index (χ2n) is 13.5. The molecule has 0 saturated heterocycles. The summed E-state index contributed by atoms with van der Waals surface area (Å²) >= 11 is 0. The quantitative estimate of drug-likeness (QED) is 0.0746. The smallest absolute Gasteiger partial charge is 0.416 e. The molecule has 4 aromatic carbocycles. The number of hydrogen-bond donors (Lipinski definition) is 0. The maximum atomic E-state index is 13.6. The molecule has 0 aromatic heterocycles. The molecule has 0 bridgehead atoms. The van der Waals surface area contributed by atoms with Gasteiger partial charge in [0.2, 0.25) is 0 Å². The van der Waals surface area contributed by atoms with Gasteiger partial charge < -0.3 is 35.2 Å². The minimum Gasteiger partial charge on any atom is -0.748 e. The van der Waals surface area contributed by atoms with E-state index in [1.54, 1.807) is 24.3 Å². The van der Waals surface area contributed by atoms with Gasteiger partial charge in [0, 0.05) is 17.1 Å². The van der Waals surface area contributed by atoms with Crippen molar-refractivity contribution in [2.24, 2.45) is 0 Å². The van der Waals surface area contributed by atoms with Crippen LogP contribution in [-0.2, 0) is 29.4 Å². The van der Waals surface area contributed by atoms with E-state index in [4.69, 9.17) is 0 Å². The fourth-order valence-corrected chi connectivity index (χ4v) is 14.3. The molecule has 1 atom stereocenters. The summed E-state index contributed by atoms with van der Waals surface area (Å²) in [5, 5.41) is 3.96.